The summed E-state index contributed by atoms with van der Waals surface area (Å²) in [5.41, 5.74) is 8.53. The van der Waals surface area contributed by atoms with Gasteiger partial charge in [0.15, 0.2) is 6.61 Å². The van der Waals surface area contributed by atoms with Gasteiger partial charge in [0.1, 0.15) is 5.75 Å². The fraction of sp³-hybridized carbons (Fsp3) is 0.278. The van der Waals surface area contributed by atoms with Crippen LogP contribution >= 0.6 is 0 Å². The number of ether oxygens (including phenoxy) is 1. The molecule has 2 rings (SSSR count). The Kier molecular flexibility index (Phi) is 5.55. The van der Waals surface area contributed by atoms with Crippen molar-refractivity contribution in [2.75, 3.05) is 11.9 Å². The predicted octanol–water partition coefficient (Wildman–Crippen LogP) is 3.29. The van der Waals surface area contributed by atoms with Crippen LogP contribution in [-0.4, -0.2) is 12.5 Å². The summed E-state index contributed by atoms with van der Waals surface area (Å²) in [6.07, 6.45) is 0. The molecule has 0 aromatic heterocycles. The Morgan fingerprint density at radius 1 is 1.14 bits per heavy atom. The topological polar surface area (TPSA) is 64.3 Å². The van der Waals surface area contributed by atoms with Crippen molar-refractivity contribution in [2.24, 2.45) is 5.73 Å². The fourth-order valence-electron chi connectivity index (χ4n) is 2.10. The second-order valence-electron chi connectivity index (χ2n) is 5.43. The highest BCUT2D eigenvalue weighted by atomic mass is 16.5. The van der Waals surface area contributed by atoms with Gasteiger partial charge in [0, 0.05) is 17.8 Å². The van der Waals surface area contributed by atoms with Crippen LogP contribution in [0.1, 0.15) is 30.9 Å². The number of carbonyl (C=O) groups excluding carboxylic acids is 1. The average Bonchev–Trinajstić information content (AvgIpc) is 2.53. The molecule has 2 aromatic carbocycles. The van der Waals surface area contributed by atoms with Crippen molar-refractivity contribution in [3.05, 3.63) is 59.7 Å². The van der Waals surface area contributed by atoms with E-state index in [1.807, 2.05) is 48.5 Å². The lowest BCUT2D eigenvalue weighted by molar-refractivity contribution is -0.118. The van der Waals surface area contributed by atoms with E-state index in [2.05, 4.69) is 19.2 Å². The maximum absolute atomic E-state index is 11.9. The van der Waals surface area contributed by atoms with Crippen molar-refractivity contribution in [3.63, 3.8) is 0 Å². The van der Waals surface area contributed by atoms with E-state index in [9.17, 15) is 4.79 Å². The number of nitrogens with two attached hydrogens (primary N) is 1. The third kappa shape index (κ3) is 4.33. The molecule has 0 atom stereocenters. The molecule has 4 heteroatoms. The highest BCUT2D eigenvalue weighted by Crippen LogP contribution is 2.18. The second-order valence-corrected chi connectivity index (χ2v) is 5.43. The molecule has 0 aliphatic rings. The van der Waals surface area contributed by atoms with E-state index in [-0.39, 0.29) is 12.5 Å². The van der Waals surface area contributed by atoms with Gasteiger partial charge >= 0.3 is 0 Å². The minimum atomic E-state index is -0.191. The molecule has 0 saturated carbocycles. The summed E-state index contributed by atoms with van der Waals surface area (Å²) in [4.78, 5) is 11.9. The zero-order valence-corrected chi connectivity index (χ0v) is 13.0. The van der Waals surface area contributed by atoms with Crippen LogP contribution in [0.25, 0.3) is 0 Å². The van der Waals surface area contributed by atoms with E-state index in [1.165, 1.54) is 5.56 Å². The molecule has 22 heavy (non-hydrogen) atoms. The van der Waals surface area contributed by atoms with E-state index >= 15 is 0 Å². The molecule has 0 saturated heterocycles. The van der Waals surface area contributed by atoms with Gasteiger partial charge in [-0.05, 0) is 29.7 Å². The van der Waals surface area contributed by atoms with Crippen LogP contribution in [0.5, 0.6) is 5.75 Å². The molecule has 0 heterocycles. The van der Waals surface area contributed by atoms with Gasteiger partial charge < -0.3 is 15.8 Å². The number of benzene rings is 2. The molecule has 4 nitrogen and oxygen atoms in total. The normalized spacial score (nSPS) is 10.5. The first-order valence-corrected chi connectivity index (χ1v) is 7.40. The van der Waals surface area contributed by atoms with E-state index in [1.54, 1.807) is 0 Å². The zero-order chi connectivity index (χ0) is 15.9. The number of hydrogen-bond acceptors (Lipinski definition) is 3. The third-order valence-corrected chi connectivity index (χ3v) is 3.41. The average molecular weight is 298 g/mol. The summed E-state index contributed by atoms with van der Waals surface area (Å²) in [7, 11) is 0. The number of amides is 1. The first kappa shape index (κ1) is 16.0. The first-order chi connectivity index (χ1) is 10.6. The van der Waals surface area contributed by atoms with Gasteiger partial charge in [-0.2, -0.15) is 0 Å². The molecule has 0 fully saturated rings. The standard InChI is InChI=1S/C18H22N2O2/c1-13(2)14-7-9-16(10-8-14)20-18(21)12-22-17-6-4-3-5-15(17)11-19/h3-10,13H,11-12,19H2,1-2H3,(H,20,21). The van der Waals surface area contributed by atoms with Crippen molar-refractivity contribution in [3.8, 4) is 5.75 Å². The molecule has 116 valence electrons. The van der Waals surface area contributed by atoms with Gasteiger partial charge in [0.05, 0.1) is 0 Å². The van der Waals surface area contributed by atoms with Crippen molar-refractivity contribution in [1.29, 1.82) is 0 Å². The molecular weight excluding hydrogens is 276 g/mol. The largest absolute Gasteiger partial charge is 0.483 e. The number of rotatable bonds is 6. The number of nitrogens with one attached hydrogen (secondary N) is 1. The first-order valence-electron chi connectivity index (χ1n) is 7.40. The monoisotopic (exact) mass is 298 g/mol. The van der Waals surface area contributed by atoms with Gasteiger partial charge in [-0.15, -0.1) is 0 Å². The Labute approximate surface area is 131 Å². The molecule has 1 amide bonds. The number of para-hydroxylation sites is 1. The van der Waals surface area contributed by atoms with Gasteiger partial charge in [0.2, 0.25) is 0 Å². The molecule has 0 aliphatic heterocycles. The summed E-state index contributed by atoms with van der Waals surface area (Å²) < 4.78 is 5.53. The van der Waals surface area contributed by atoms with Crippen LogP contribution in [-0.2, 0) is 11.3 Å². The molecule has 0 radical (unpaired) electrons. The SMILES string of the molecule is CC(C)c1ccc(NC(=O)COc2ccccc2CN)cc1. The van der Waals surface area contributed by atoms with Gasteiger partial charge in [-0.1, -0.05) is 44.2 Å². The van der Waals surface area contributed by atoms with Crippen LogP contribution in [0, 0.1) is 0 Å². The molecule has 0 aliphatic carbocycles. The lowest BCUT2D eigenvalue weighted by atomic mass is 10.0. The molecule has 0 unspecified atom stereocenters. The molecule has 0 spiro atoms. The third-order valence-electron chi connectivity index (χ3n) is 3.41. The Balaban J connectivity index is 1.90. The highest BCUT2D eigenvalue weighted by Gasteiger charge is 2.07. The summed E-state index contributed by atoms with van der Waals surface area (Å²) >= 11 is 0. The lowest BCUT2D eigenvalue weighted by Crippen LogP contribution is -2.20. The summed E-state index contributed by atoms with van der Waals surface area (Å²) in [5, 5.41) is 2.82. The maximum atomic E-state index is 11.9. The van der Waals surface area contributed by atoms with Gasteiger partial charge in [0.25, 0.3) is 5.91 Å². The highest BCUT2D eigenvalue weighted by molar-refractivity contribution is 5.91. The van der Waals surface area contributed by atoms with Gasteiger partial charge in [-0.25, -0.2) is 0 Å². The van der Waals surface area contributed by atoms with Crippen LogP contribution in [0.3, 0.4) is 0 Å². The number of carbonyl (C=O) groups is 1. The molecule has 3 N–H and O–H groups in total. The molecule has 0 bridgehead atoms. The molecule has 2 aromatic rings. The van der Waals surface area contributed by atoms with Crippen LogP contribution in [0.4, 0.5) is 5.69 Å². The lowest BCUT2D eigenvalue weighted by Gasteiger charge is -2.11. The molecular formula is C18H22N2O2. The van der Waals surface area contributed by atoms with Crippen molar-refractivity contribution in [2.45, 2.75) is 26.3 Å². The van der Waals surface area contributed by atoms with Crippen LogP contribution in [0.15, 0.2) is 48.5 Å². The summed E-state index contributed by atoms with van der Waals surface area (Å²) in [5.74, 6) is 0.931. The van der Waals surface area contributed by atoms with Crippen LogP contribution < -0.4 is 15.8 Å². The quantitative estimate of drug-likeness (QED) is 0.860. The van der Waals surface area contributed by atoms with E-state index in [0.29, 0.717) is 18.2 Å². The summed E-state index contributed by atoms with van der Waals surface area (Å²) in [6, 6.07) is 15.3. The Morgan fingerprint density at radius 3 is 2.45 bits per heavy atom. The predicted molar refractivity (Wildman–Crippen MR) is 89.0 cm³/mol. The van der Waals surface area contributed by atoms with Crippen molar-refractivity contribution in [1.82, 2.24) is 0 Å². The second kappa shape index (κ2) is 7.61. The van der Waals surface area contributed by atoms with E-state index in [0.717, 1.165) is 11.3 Å². The van der Waals surface area contributed by atoms with E-state index in [4.69, 9.17) is 10.5 Å². The van der Waals surface area contributed by atoms with Gasteiger partial charge in [-0.3, -0.25) is 4.79 Å². The minimum absolute atomic E-state index is 0.0387. The maximum Gasteiger partial charge on any atom is 0.262 e. The van der Waals surface area contributed by atoms with Crippen molar-refractivity contribution >= 4 is 11.6 Å². The Morgan fingerprint density at radius 2 is 1.82 bits per heavy atom. The summed E-state index contributed by atoms with van der Waals surface area (Å²) in [6.45, 7) is 4.62. The Bertz CT molecular complexity index is 621. The zero-order valence-electron chi connectivity index (χ0n) is 13.0. The Hall–Kier alpha value is -2.33. The van der Waals surface area contributed by atoms with Crippen molar-refractivity contribution < 1.29 is 9.53 Å². The number of hydrogen-bond donors (Lipinski definition) is 2. The smallest absolute Gasteiger partial charge is 0.262 e. The van der Waals surface area contributed by atoms with Crippen LogP contribution in [0.2, 0.25) is 0 Å². The minimum Gasteiger partial charge on any atom is -0.483 e. The fourth-order valence-corrected chi connectivity index (χ4v) is 2.10. The van der Waals surface area contributed by atoms with E-state index < -0.39 is 0 Å². The number of anilines is 1.